The minimum atomic E-state index is -4.77. The van der Waals surface area contributed by atoms with E-state index in [1.165, 1.54) is 38.5 Å². The van der Waals surface area contributed by atoms with Gasteiger partial charge in [0.05, 0.1) is 6.61 Å². The Kier molecular flexibility index (Phi) is 26.6. The van der Waals surface area contributed by atoms with Crippen LogP contribution in [0.3, 0.4) is 0 Å². The molecule has 9 nitrogen and oxygen atoms in total. The van der Waals surface area contributed by atoms with E-state index in [1.807, 2.05) is 6.08 Å². The molecule has 0 spiro atoms. The lowest BCUT2D eigenvalue weighted by Crippen LogP contribution is -2.29. The first-order valence-electron chi connectivity index (χ1n) is 16.4. The lowest BCUT2D eigenvalue weighted by molar-refractivity contribution is -0.161. The molecule has 0 radical (unpaired) electrons. The van der Waals surface area contributed by atoms with Crippen LogP contribution in [0.1, 0.15) is 143 Å². The third kappa shape index (κ3) is 31.4. The van der Waals surface area contributed by atoms with Gasteiger partial charge in [-0.15, -0.1) is 0 Å². The van der Waals surface area contributed by atoms with Crippen LogP contribution in [0.5, 0.6) is 0 Å². The Morgan fingerprint density at radius 3 is 1.91 bits per heavy atom. The third-order valence-electron chi connectivity index (χ3n) is 6.88. The molecule has 0 aromatic rings. The minimum Gasteiger partial charge on any atom is -0.462 e. The van der Waals surface area contributed by atoms with Gasteiger partial charge in [-0.3, -0.25) is 18.9 Å². The molecule has 0 aliphatic rings. The van der Waals surface area contributed by atoms with E-state index in [2.05, 4.69) is 31.4 Å². The van der Waals surface area contributed by atoms with Crippen molar-refractivity contribution in [2.24, 2.45) is 5.92 Å². The summed E-state index contributed by atoms with van der Waals surface area (Å²) >= 11 is 0. The van der Waals surface area contributed by atoms with Gasteiger partial charge in [-0.1, -0.05) is 110 Å². The predicted molar refractivity (Wildman–Crippen MR) is 170 cm³/mol. The topological polar surface area (TPSA) is 136 Å². The minimum absolute atomic E-state index is 0.110. The number of unbranched alkanes of at least 4 members (excludes halogenated alkanes) is 12. The Morgan fingerprint density at radius 1 is 0.721 bits per heavy atom. The summed E-state index contributed by atoms with van der Waals surface area (Å²) in [6.07, 6.45) is 23.3. The van der Waals surface area contributed by atoms with Crippen molar-refractivity contribution >= 4 is 25.5 Å². The van der Waals surface area contributed by atoms with Crippen molar-refractivity contribution in [1.82, 2.24) is 0 Å². The maximum absolute atomic E-state index is 12.3. The van der Waals surface area contributed by atoms with Gasteiger partial charge in [0, 0.05) is 19.3 Å². The fourth-order valence-corrected chi connectivity index (χ4v) is 4.72. The number of phosphoric ester groups is 1. The zero-order chi connectivity index (χ0) is 32.2. The zero-order valence-corrected chi connectivity index (χ0v) is 27.9. The molecule has 0 bridgehead atoms. The van der Waals surface area contributed by atoms with Crippen LogP contribution < -0.4 is 0 Å². The molecule has 0 amide bonds. The molecule has 1 atom stereocenters. The summed E-state index contributed by atoms with van der Waals surface area (Å²) in [6, 6.07) is 0. The van der Waals surface area contributed by atoms with Gasteiger partial charge >= 0.3 is 19.8 Å². The van der Waals surface area contributed by atoms with Gasteiger partial charge in [-0.2, -0.15) is 0 Å². The molecule has 0 aromatic carbocycles. The molecular weight excluding hydrogens is 571 g/mol. The summed E-state index contributed by atoms with van der Waals surface area (Å²) in [5, 5.41) is 0. The number of ether oxygens (including phenoxy) is 2. The highest BCUT2D eigenvalue weighted by atomic mass is 31.2. The summed E-state index contributed by atoms with van der Waals surface area (Å²) in [7, 11) is -4.77. The predicted octanol–water partition coefficient (Wildman–Crippen LogP) is 8.32. The van der Waals surface area contributed by atoms with E-state index in [0.717, 1.165) is 57.3 Å². The number of carbonyl (C=O) groups excluding carboxylic acids is 3. The number of carbonyl (C=O) groups is 3. The number of hydrogen-bond donors (Lipinski definition) is 2. The van der Waals surface area contributed by atoms with E-state index >= 15 is 0 Å². The van der Waals surface area contributed by atoms with E-state index in [9.17, 15) is 18.9 Å². The smallest absolute Gasteiger partial charge is 0.462 e. The van der Waals surface area contributed by atoms with Crippen LogP contribution >= 0.6 is 7.82 Å². The SMILES string of the molecule is CCCCC/C=C\C=C\C(=O)CCCCCCCC(=O)O[C@H](COC(=O)CCCCCCCCC(C)C)COP(=O)(O)O. The number of ketones is 1. The quantitative estimate of drug-likeness (QED) is 0.0275. The highest BCUT2D eigenvalue weighted by Crippen LogP contribution is 2.35. The summed E-state index contributed by atoms with van der Waals surface area (Å²) in [6.45, 7) is 5.72. The van der Waals surface area contributed by atoms with Crippen LogP contribution in [0.4, 0.5) is 0 Å². The Balaban J connectivity index is 4.14. The molecule has 43 heavy (non-hydrogen) atoms. The van der Waals surface area contributed by atoms with Crippen LogP contribution in [-0.2, 0) is 32.9 Å². The van der Waals surface area contributed by atoms with Crippen molar-refractivity contribution in [1.29, 1.82) is 0 Å². The summed E-state index contributed by atoms with van der Waals surface area (Å²) < 4.78 is 26.1. The van der Waals surface area contributed by atoms with Crippen LogP contribution in [-0.4, -0.2) is 46.8 Å². The van der Waals surface area contributed by atoms with E-state index in [1.54, 1.807) is 12.2 Å². The maximum Gasteiger partial charge on any atom is 0.469 e. The fraction of sp³-hybridized carbons (Fsp3) is 0.788. The molecule has 0 rings (SSSR count). The molecule has 0 aliphatic heterocycles. The van der Waals surface area contributed by atoms with Crippen LogP contribution in [0.25, 0.3) is 0 Å². The first-order chi connectivity index (χ1) is 20.5. The fourth-order valence-electron chi connectivity index (χ4n) is 4.36. The second-order valence-corrected chi connectivity index (χ2v) is 12.9. The lowest BCUT2D eigenvalue weighted by Gasteiger charge is -2.18. The average molecular weight is 631 g/mol. The second-order valence-electron chi connectivity index (χ2n) is 11.7. The van der Waals surface area contributed by atoms with Crippen molar-refractivity contribution in [3.63, 3.8) is 0 Å². The van der Waals surface area contributed by atoms with E-state index in [-0.39, 0.29) is 25.2 Å². The molecule has 250 valence electrons. The Morgan fingerprint density at radius 2 is 1.30 bits per heavy atom. The van der Waals surface area contributed by atoms with Crippen molar-refractivity contribution < 1.29 is 42.7 Å². The number of phosphoric acid groups is 1. The highest BCUT2D eigenvalue weighted by molar-refractivity contribution is 7.46. The van der Waals surface area contributed by atoms with E-state index in [0.29, 0.717) is 19.3 Å². The number of hydrogen-bond acceptors (Lipinski definition) is 7. The first-order valence-corrected chi connectivity index (χ1v) is 18.0. The second kappa shape index (κ2) is 27.7. The van der Waals surface area contributed by atoms with Crippen molar-refractivity contribution in [2.75, 3.05) is 13.2 Å². The molecular formula is C33H59O9P. The largest absolute Gasteiger partial charge is 0.469 e. The summed E-state index contributed by atoms with van der Waals surface area (Å²) in [5.74, 6) is -0.149. The van der Waals surface area contributed by atoms with Gasteiger partial charge in [0.1, 0.15) is 6.61 Å². The lowest BCUT2D eigenvalue weighted by atomic mass is 10.0. The molecule has 0 aromatic heterocycles. The first kappa shape index (κ1) is 41.2. The van der Waals surface area contributed by atoms with Gasteiger partial charge in [0.15, 0.2) is 11.9 Å². The molecule has 0 fully saturated rings. The molecule has 0 aliphatic carbocycles. The van der Waals surface area contributed by atoms with Crippen LogP contribution in [0.15, 0.2) is 24.3 Å². The Bertz CT molecular complexity index is 832. The molecule has 2 N–H and O–H groups in total. The monoisotopic (exact) mass is 630 g/mol. The molecule has 0 saturated heterocycles. The average Bonchev–Trinajstić information content (AvgIpc) is 2.94. The van der Waals surface area contributed by atoms with Crippen LogP contribution in [0, 0.1) is 5.92 Å². The Labute approximate surface area is 260 Å². The van der Waals surface area contributed by atoms with E-state index < -0.39 is 32.5 Å². The molecule has 0 saturated carbocycles. The maximum atomic E-state index is 12.3. The van der Waals surface area contributed by atoms with E-state index in [4.69, 9.17) is 19.3 Å². The van der Waals surface area contributed by atoms with Crippen molar-refractivity contribution in [2.45, 2.75) is 149 Å². The van der Waals surface area contributed by atoms with Gasteiger partial charge in [-0.05, 0) is 44.1 Å². The standard InChI is InChI=1S/C33H59O9P/c1-4-5-6-7-8-13-18-23-30(34)24-19-14-11-16-21-26-33(36)42-31(28-41-43(37,38)39)27-40-32(35)25-20-15-10-9-12-17-22-29(2)3/h8,13,18,23,29,31H,4-7,9-12,14-17,19-22,24-28H2,1-3H3,(H2,37,38,39)/b13-8-,23-18+/t31-/m1/s1. The van der Waals surface area contributed by atoms with Gasteiger partial charge in [0.2, 0.25) is 0 Å². The number of rotatable bonds is 29. The third-order valence-corrected chi connectivity index (χ3v) is 7.36. The van der Waals surface area contributed by atoms with Crippen molar-refractivity contribution in [3.05, 3.63) is 24.3 Å². The van der Waals surface area contributed by atoms with Gasteiger partial charge in [0.25, 0.3) is 0 Å². The summed E-state index contributed by atoms with van der Waals surface area (Å²) in [5.41, 5.74) is 0. The molecule has 0 heterocycles. The zero-order valence-electron chi connectivity index (χ0n) is 27.0. The van der Waals surface area contributed by atoms with Gasteiger partial charge < -0.3 is 19.3 Å². The highest BCUT2D eigenvalue weighted by Gasteiger charge is 2.22. The number of allylic oxidation sites excluding steroid dienone is 4. The number of esters is 2. The van der Waals surface area contributed by atoms with Crippen LogP contribution in [0.2, 0.25) is 0 Å². The normalized spacial score (nSPS) is 12.8. The Hall–Kier alpha value is -1.80. The van der Waals surface area contributed by atoms with Gasteiger partial charge in [-0.25, -0.2) is 4.57 Å². The van der Waals surface area contributed by atoms with Crippen molar-refractivity contribution in [3.8, 4) is 0 Å². The molecule has 10 heteroatoms. The molecule has 0 unspecified atom stereocenters. The summed E-state index contributed by atoms with van der Waals surface area (Å²) in [4.78, 5) is 54.3.